The predicted molar refractivity (Wildman–Crippen MR) is 78.5 cm³/mol. The lowest BCUT2D eigenvalue weighted by atomic mass is 10.1. The van der Waals surface area contributed by atoms with E-state index in [4.69, 9.17) is 0 Å². The number of hydrogen-bond donors (Lipinski definition) is 0. The molecule has 2 rings (SSSR count). The van der Waals surface area contributed by atoms with Crippen LogP contribution in [0.5, 0.6) is 0 Å². The van der Waals surface area contributed by atoms with Gasteiger partial charge in [-0.2, -0.15) is 0 Å². The Morgan fingerprint density at radius 3 is 2.47 bits per heavy atom. The first kappa shape index (κ1) is 13.2. The maximum atomic E-state index is 12.8. The Bertz CT molecular complexity index is 485. The second-order valence-corrected chi connectivity index (χ2v) is 7.41. The normalized spacial score (nSPS) is 12.7. The van der Waals surface area contributed by atoms with Crippen molar-refractivity contribution in [2.75, 3.05) is 0 Å². The van der Waals surface area contributed by atoms with Crippen molar-refractivity contribution in [2.24, 2.45) is 0 Å². The molecule has 0 amide bonds. The van der Waals surface area contributed by atoms with E-state index in [2.05, 4.69) is 44.8 Å². The minimum absolute atomic E-state index is 0.186. The van der Waals surface area contributed by atoms with E-state index < -0.39 is 0 Å². The Morgan fingerprint density at radius 1 is 1.29 bits per heavy atom. The van der Waals surface area contributed by atoms with Crippen molar-refractivity contribution in [3.8, 4) is 0 Å². The van der Waals surface area contributed by atoms with Crippen molar-refractivity contribution < 1.29 is 4.39 Å². The fraction of sp³-hybridized carbons (Fsp3) is 0.231. The van der Waals surface area contributed by atoms with Gasteiger partial charge in [0.25, 0.3) is 0 Å². The van der Waals surface area contributed by atoms with Gasteiger partial charge in [0.1, 0.15) is 5.82 Å². The molecule has 4 heteroatoms. The van der Waals surface area contributed by atoms with Crippen LogP contribution in [0.3, 0.4) is 0 Å². The highest BCUT2D eigenvalue weighted by molar-refractivity contribution is 9.11. The molecule has 1 aromatic heterocycles. The van der Waals surface area contributed by atoms with Gasteiger partial charge in [0, 0.05) is 4.88 Å². The molecule has 0 spiro atoms. The van der Waals surface area contributed by atoms with Crippen molar-refractivity contribution in [1.29, 1.82) is 0 Å². The maximum Gasteiger partial charge on any atom is 0.123 e. The van der Waals surface area contributed by atoms with Gasteiger partial charge < -0.3 is 0 Å². The minimum atomic E-state index is -0.186. The van der Waals surface area contributed by atoms with Crippen molar-refractivity contribution in [3.05, 3.63) is 55.9 Å². The third-order valence-electron chi connectivity index (χ3n) is 2.51. The van der Waals surface area contributed by atoms with Gasteiger partial charge in [-0.1, -0.05) is 28.1 Å². The molecule has 0 aliphatic rings. The highest BCUT2D eigenvalue weighted by Crippen LogP contribution is 2.36. The van der Waals surface area contributed by atoms with Crippen LogP contribution in [0.25, 0.3) is 0 Å². The molecule has 0 aliphatic carbocycles. The van der Waals surface area contributed by atoms with Crippen LogP contribution in [0.2, 0.25) is 0 Å². The third kappa shape index (κ3) is 3.39. The van der Waals surface area contributed by atoms with Crippen molar-refractivity contribution >= 4 is 43.2 Å². The number of rotatable bonds is 3. The van der Waals surface area contributed by atoms with E-state index >= 15 is 0 Å². The molecule has 2 aromatic rings. The zero-order chi connectivity index (χ0) is 12.4. The highest BCUT2D eigenvalue weighted by Gasteiger charge is 2.12. The topological polar surface area (TPSA) is 0 Å². The number of thiophene rings is 1. The summed E-state index contributed by atoms with van der Waals surface area (Å²) in [5.41, 5.74) is 2.39. The molecular formula is C13H11Br2FS. The second-order valence-electron chi connectivity index (χ2n) is 3.90. The molecule has 0 bridgehead atoms. The quantitative estimate of drug-likeness (QED) is 0.607. The average molecular weight is 378 g/mol. The summed E-state index contributed by atoms with van der Waals surface area (Å²) in [5.74, 6) is -0.186. The van der Waals surface area contributed by atoms with Crippen LogP contribution < -0.4 is 0 Å². The fourth-order valence-electron chi connectivity index (χ4n) is 1.57. The summed E-state index contributed by atoms with van der Waals surface area (Å²) in [5, 5.41) is 0. The van der Waals surface area contributed by atoms with Gasteiger partial charge in [0.2, 0.25) is 0 Å². The fourth-order valence-corrected chi connectivity index (χ4v) is 3.90. The molecular weight excluding hydrogens is 367 g/mol. The van der Waals surface area contributed by atoms with Gasteiger partial charge in [-0.15, -0.1) is 11.3 Å². The molecule has 0 radical (unpaired) electrons. The monoisotopic (exact) mass is 376 g/mol. The van der Waals surface area contributed by atoms with E-state index in [1.807, 2.05) is 12.1 Å². The van der Waals surface area contributed by atoms with Crippen LogP contribution in [-0.2, 0) is 6.42 Å². The third-order valence-corrected chi connectivity index (χ3v) is 5.88. The molecule has 90 valence electrons. The standard InChI is InChI=1S/C13H11Br2FS/c1-8-6-12(17-13(8)15)11(14)7-9-2-4-10(16)5-3-9/h2-6,11H,7H2,1H3. The Balaban J connectivity index is 2.11. The summed E-state index contributed by atoms with van der Waals surface area (Å²) >= 11 is 8.95. The molecule has 1 heterocycles. The SMILES string of the molecule is Cc1cc(C(Br)Cc2ccc(F)cc2)sc1Br. The molecule has 1 unspecified atom stereocenters. The Kier molecular flexibility index (Phi) is 4.39. The van der Waals surface area contributed by atoms with Crippen LogP contribution in [0.4, 0.5) is 4.39 Å². The van der Waals surface area contributed by atoms with Gasteiger partial charge in [0.15, 0.2) is 0 Å². The zero-order valence-electron chi connectivity index (χ0n) is 9.21. The lowest BCUT2D eigenvalue weighted by molar-refractivity contribution is 0.627. The molecule has 0 aliphatic heterocycles. The summed E-state index contributed by atoms with van der Waals surface area (Å²) in [4.78, 5) is 1.57. The van der Waals surface area contributed by atoms with Gasteiger partial charge in [-0.25, -0.2) is 4.39 Å². The molecule has 1 atom stereocenters. The molecule has 0 saturated heterocycles. The summed E-state index contributed by atoms with van der Waals surface area (Å²) in [7, 11) is 0. The van der Waals surface area contributed by atoms with E-state index in [0.29, 0.717) is 0 Å². The van der Waals surface area contributed by atoms with Crippen molar-refractivity contribution in [2.45, 2.75) is 18.2 Å². The summed E-state index contributed by atoms with van der Waals surface area (Å²) in [6.45, 7) is 2.09. The molecule has 0 fully saturated rings. The smallest absolute Gasteiger partial charge is 0.123 e. The van der Waals surface area contributed by atoms with E-state index in [0.717, 1.165) is 12.0 Å². The summed E-state index contributed by atoms with van der Waals surface area (Å²) < 4.78 is 14.0. The number of benzene rings is 1. The first-order chi connectivity index (χ1) is 8.06. The van der Waals surface area contributed by atoms with Crippen LogP contribution in [0.15, 0.2) is 34.1 Å². The number of alkyl halides is 1. The van der Waals surface area contributed by atoms with E-state index in [1.54, 1.807) is 11.3 Å². The van der Waals surface area contributed by atoms with Crippen LogP contribution in [-0.4, -0.2) is 0 Å². The maximum absolute atomic E-state index is 12.8. The predicted octanol–water partition coefficient (Wildman–Crippen LogP) is 5.64. The van der Waals surface area contributed by atoms with Crippen LogP contribution >= 0.6 is 43.2 Å². The second kappa shape index (κ2) is 5.63. The van der Waals surface area contributed by atoms with E-state index in [-0.39, 0.29) is 10.6 Å². The Labute approximate surface area is 121 Å². The highest BCUT2D eigenvalue weighted by atomic mass is 79.9. The molecule has 0 saturated carbocycles. The van der Waals surface area contributed by atoms with E-state index in [9.17, 15) is 4.39 Å². The number of aryl methyl sites for hydroxylation is 1. The molecule has 1 aromatic carbocycles. The largest absolute Gasteiger partial charge is 0.207 e. The van der Waals surface area contributed by atoms with Crippen molar-refractivity contribution in [3.63, 3.8) is 0 Å². The van der Waals surface area contributed by atoms with E-state index in [1.165, 1.54) is 26.4 Å². The first-order valence-corrected chi connectivity index (χ1v) is 7.73. The number of hydrogen-bond acceptors (Lipinski definition) is 1. The zero-order valence-corrected chi connectivity index (χ0v) is 13.2. The molecule has 17 heavy (non-hydrogen) atoms. The molecule has 0 N–H and O–H groups in total. The summed E-state index contributed by atoms with van der Waals surface area (Å²) in [6, 6.07) is 8.85. The van der Waals surface area contributed by atoms with Gasteiger partial charge in [-0.3, -0.25) is 0 Å². The Hall–Kier alpha value is -0.190. The lowest BCUT2D eigenvalue weighted by Gasteiger charge is -2.07. The van der Waals surface area contributed by atoms with Gasteiger partial charge in [-0.05, 0) is 58.6 Å². The van der Waals surface area contributed by atoms with Gasteiger partial charge in [0.05, 0.1) is 8.61 Å². The lowest BCUT2D eigenvalue weighted by Crippen LogP contribution is -1.92. The Morgan fingerprint density at radius 2 is 1.94 bits per heavy atom. The van der Waals surface area contributed by atoms with Gasteiger partial charge >= 0.3 is 0 Å². The number of halogens is 3. The first-order valence-electron chi connectivity index (χ1n) is 5.20. The summed E-state index contributed by atoms with van der Waals surface area (Å²) in [6.07, 6.45) is 0.868. The average Bonchev–Trinajstić information content (AvgIpc) is 2.63. The molecule has 0 nitrogen and oxygen atoms in total. The van der Waals surface area contributed by atoms with Crippen molar-refractivity contribution in [1.82, 2.24) is 0 Å². The van der Waals surface area contributed by atoms with Crippen LogP contribution in [0, 0.1) is 12.7 Å². The van der Waals surface area contributed by atoms with Crippen LogP contribution in [0.1, 0.15) is 20.8 Å². The minimum Gasteiger partial charge on any atom is -0.207 e.